The Morgan fingerprint density at radius 2 is 2.00 bits per heavy atom. The third-order valence-electron chi connectivity index (χ3n) is 5.30. The summed E-state index contributed by atoms with van der Waals surface area (Å²) in [6.45, 7) is 2.48. The number of halogens is 2. The van der Waals surface area contributed by atoms with Gasteiger partial charge in [0.2, 0.25) is 0 Å². The molecule has 2 heterocycles. The van der Waals surface area contributed by atoms with Crippen molar-refractivity contribution >= 4 is 38.2 Å². The lowest BCUT2D eigenvalue weighted by Crippen LogP contribution is -2.33. The minimum absolute atomic E-state index is 0.0224. The van der Waals surface area contributed by atoms with Crippen molar-refractivity contribution in [1.82, 2.24) is 14.9 Å². The number of ether oxygens (including phenoxy) is 2. The summed E-state index contributed by atoms with van der Waals surface area (Å²) < 4.78 is 25.7. The van der Waals surface area contributed by atoms with Crippen LogP contribution >= 0.6 is 15.9 Å². The number of nitrogens with zero attached hydrogens (tertiary/aromatic N) is 3. The number of fused-ring (bicyclic) bond motifs is 1. The number of β-amino-alcohol motifs (C(OH)–C–C–N with tert-alkyl or cyclic N) is 1. The number of phenols is 1. The zero-order chi connectivity index (χ0) is 22.7. The molecule has 0 aliphatic carbocycles. The second-order valence-electron chi connectivity index (χ2n) is 7.58. The first-order chi connectivity index (χ1) is 15.5. The van der Waals surface area contributed by atoms with Crippen molar-refractivity contribution in [3.8, 4) is 17.2 Å². The van der Waals surface area contributed by atoms with E-state index < -0.39 is 12.2 Å². The molecule has 0 spiro atoms. The number of aromatic hydroxyl groups is 1. The maximum Gasteiger partial charge on any atom is 0.310 e. The molecule has 1 aliphatic heterocycles. The summed E-state index contributed by atoms with van der Waals surface area (Å²) in [5.41, 5.74) is 1.07. The number of para-hydroxylation sites is 2. The minimum Gasteiger partial charge on any atom is -0.506 e. The molecule has 8 nitrogen and oxygen atoms in total. The molecule has 4 rings (SSSR count). The van der Waals surface area contributed by atoms with Crippen molar-refractivity contribution < 1.29 is 24.1 Å². The fourth-order valence-corrected chi connectivity index (χ4v) is 4.38. The number of rotatable bonds is 8. The lowest BCUT2D eigenvalue weighted by Gasteiger charge is -2.22. The van der Waals surface area contributed by atoms with Gasteiger partial charge in [0.25, 0.3) is 0 Å². The maximum atomic E-state index is 13.9. The van der Waals surface area contributed by atoms with Gasteiger partial charge in [-0.3, -0.25) is 0 Å². The van der Waals surface area contributed by atoms with Crippen LogP contribution < -0.4 is 14.8 Å². The summed E-state index contributed by atoms with van der Waals surface area (Å²) in [6, 6.07) is 8.23. The summed E-state index contributed by atoms with van der Waals surface area (Å²) >= 11 is 3.29. The molecular weight excluding hydrogens is 483 g/mol. The van der Waals surface area contributed by atoms with E-state index in [2.05, 4.69) is 36.1 Å². The molecule has 1 atom stereocenters. The molecule has 2 aromatic carbocycles. The topological polar surface area (TPSA) is 100.0 Å². The zero-order valence-corrected chi connectivity index (χ0v) is 19.1. The summed E-state index contributed by atoms with van der Waals surface area (Å²) in [5.74, 6) is 0.614. The fraction of sp³-hybridized carbons (Fsp3) is 0.364. The summed E-state index contributed by atoms with van der Waals surface area (Å²) in [5, 5.41) is 24.2. The molecular formula is C22H24BrFN4O4. The number of nitrogens with one attached hydrogen (secondary N) is 1. The van der Waals surface area contributed by atoms with Gasteiger partial charge in [-0.15, -0.1) is 0 Å². The van der Waals surface area contributed by atoms with Gasteiger partial charge in [-0.05, 0) is 54.0 Å². The highest BCUT2D eigenvalue weighted by Gasteiger charge is 2.23. The van der Waals surface area contributed by atoms with Gasteiger partial charge in [0, 0.05) is 12.6 Å². The van der Waals surface area contributed by atoms with Gasteiger partial charge in [0.05, 0.1) is 29.4 Å². The molecule has 3 N–H and O–H groups in total. The van der Waals surface area contributed by atoms with Crippen LogP contribution in [0, 0.1) is 6.08 Å². The van der Waals surface area contributed by atoms with Crippen LogP contribution in [0.25, 0.3) is 10.9 Å². The number of hydrogen-bond acceptors (Lipinski definition) is 8. The van der Waals surface area contributed by atoms with E-state index in [0.29, 0.717) is 29.1 Å². The van der Waals surface area contributed by atoms with Crippen molar-refractivity contribution in [2.75, 3.05) is 38.7 Å². The van der Waals surface area contributed by atoms with Crippen LogP contribution in [0.15, 0.2) is 34.9 Å². The lowest BCUT2D eigenvalue weighted by atomic mass is 10.1. The summed E-state index contributed by atoms with van der Waals surface area (Å²) in [7, 11) is 1.48. The first kappa shape index (κ1) is 22.5. The monoisotopic (exact) mass is 506 g/mol. The van der Waals surface area contributed by atoms with Crippen LogP contribution in [0.4, 0.5) is 15.8 Å². The van der Waals surface area contributed by atoms with E-state index in [1.165, 1.54) is 13.2 Å². The Labute approximate surface area is 193 Å². The van der Waals surface area contributed by atoms with E-state index >= 15 is 0 Å². The van der Waals surface area contributed by atoms with Crippen LogP contribution in [0.2, 0.25) is 0 Å². The molecule has 1 aromatic heterocycles. The lowest BCUT2D eigenvalue weighted by molar-refractivity contribution is 0.0748. The Balaban J connectivity index is 1.71. The summed E-state index contributed by atoms with van der Waals surface area (Å²) in [6.07, 6.45) is 0.668. The number of aliphatic hydroxyl groups excluding tert-OH is 1. The van der Waals surface area contributed by atoms with Crippen molar-refractivity contribution in [3.63, 3.8) is 0 Å². The second-order valence-corrected chi connectivity index (χ2v) is 8.33. The third-order valence-corrected chi connectivity index (χ3v) is 5.87. The first-order valence-corrected chi connectivity index (χ1v) is 11.1. The van der Waals surface area contributed by atoms with E-state index in [1.807, 2.05) is 0 Å². The molecule has 0 amide bonds. The molecule has 1 unspecified atom stereocenters. The Morgan fingerprint density at radius 3 is 2.72 bits per heavy atom. The highest BCUT2D eigenvalue weighted by molar-refractivity contribution is 9.10. The van der Waals surface area contributed by atoms with E-state index in [4.69, 9.17) is 9.47 Å². The Kier molecular flexibility index (Phi) is 6.92. The van der Waals surface area contributed by atoms with Crippen molar-refractivity contribution in [3.05, 3.63) is 41.0 Å². The highest BCUT2D eigenvalue weighted by Crippen LogP contribution is 2.45. The van der Waals surface area contributed by atoms with E-state index in [-0.39, 0.29) is 28.2 Å². The Bertz CT molecular complexity index is 1110. The Hall–Kier alpha value is -2.69. The number of methoxy groups -OCH3 is 1. The van der Waals surface area contributed by atoms with Gasteiger partial charge >= 0.3 is 6.08 Å². The van der Waals surface area contributed by atoms with Crippen LogP contribution in [-0.2, 0) is 0 Å². The molecule has 0 saturated carbocycles. The average Bonchev–Trinajstić information content (AvgIpc) is 3.26. The van der Waals surface area contributed by atoms with Crippen LogP contribution in [0.5, 0.6) is 17.2 Å². The molecule has 1 aliphatic rings. The number of aliphatic hydroxyl groups is 1. The number of aromatic nitrogens is 2. The quantitative estimate of drug-likeness (QED) is 0.241. The number of hydrogen-bond donors (Lipinski definition) is 3. The predicted octanol–water partition coefficient (Wildman–Crippen LogP) is 3.82. The van der Waals surface area contributed by atoms with Crippen molar-refractivity contribution in [1.29, 1.82) is 0 Å². The smallest absolute Gasteiger partial charge is 0.310 e. The fourth-order valence-electron chi connectivity index (χ4n) is 3.83. The SMILES string of the molecule is COc1c(OCC(O)CN2CCCC2)cc2nc(F)nc(Br)c2c1Nc1ccccc1O. The molecule has 3 aromatic rings. The van der Waals surface area contributed by atoms with Gasteiger partial charge < -0.3 is 29.9 Å². The number of likely N-dealkylation sites (tertiary alicyclic amines) is 1. The van der Waals surface area contributed by atoms with Gasteiger partial charge in [-0.25, -0.2) is 4.98 Å². The van der Waals surface area contributed by atoms with Gasteiger partial charge in [-0.2, -0.15) is 9.37 Å². The van der Waals surface area contributed by atoms with Gasteiger partial charge in [0.15, 0.2) is 11.5 Å². The van der Waals surface area contributed by atoms with E-state index in [1.54, 1.807) is 24.3 Å². The van der Waals surface area contributed by atoms with Crippen molar-refractivity contribution in [2.45, 2.75) is 18.9 Å². The molecule has 170 valence electrons. The molecule has 10 heteroatoms. The van der Waals surface area contributed by atoms with Crippen LogP contribution in [0.1, 0.15) is 12.8 Å². The molecule has 32 heavy (non-hydrogen) atoms. The largest absolute Gasteiger partial charge is 0.506 e. The van der Waals surface area contributed by atoms with Crippen molar-refractivity contribution in [2.24, 2.45) is 0 Å². The third kappa shape index (κ3) is 4.87. The second kappa shape index (κ2) is 9.85. The highest BCUT2D eigenvalue weighted by atomic mass is 79.9. The number of anilines is 2. The van der Waals surface area contributed by atoms with E-state index in [0.717, 1.165) is 25.9 Å². The molecule has 1 fully saturated rings. The van der Waals surface area contributed by atoms with Crippen LogP contribution in [-0.4, -0.2) is 64.5 Å². The van der Waals surface area contributed by atoms with Gasteiger partial charge in [-0.1, -0.05) is 12.1 Å². The molecule has 1 saturated heterocycles. The minimum atomic E-state index is -0.900. The molecule has 0 bridgehead atoms. The first-order valence-electron chi connectivity index (χ1n) is 10.3. The van der Waals surface area contributed by atoms with Gasteiger partial charge in [0.1, 0.15) is 23.1 Å². The van der Waals surface area contributed by atoms with Crippen LogP contribution in [0.3, 0.4) is 0 Å². The maximum absolute atomic E-state index is 13.9. The number of phenolic OH excluding ortho intramolecular Hbond substituents is 1. The van der Waals surface area contributed by atoms with E-state index in [9.17, 15) is 14.6 Å². The summed E-state index contributed by atoms with van der Waals surface area (Å²) in [4.78, 5) is 9.84. The normalized spacial score (nSPS) is 15.1. The number of benzene rings is 2. The predicted molar refractivity (Wildman–Crippen MR) is 122 cm³/mol. The average molecular weight is 507 g/mol. The standard InChI is InChI=1S/C22H24BrFN4O4/c1-31-20-17(32-12-13(29)11-28-8-4-5-9-28)10-15-18(21(23)27-22(24)26-15)19(20)25-14-6-2-3-7-16(14)30/h2-3,6-7,10,13,25,29-30H,4-5,8-9,11-12H2,1H3. The molecule has 0 radical (unpaired) electrons. The Morgan fingerprint density at radius 1 is 1.25 bits per heavy atom. The zero-order valence-electron chi connectivity index (χ0n) is 17.5.